The second kappa shape index (κ2) is 11.3. The summed E-state index contributed by atoms with van der Waals surface area (Å²) >= 11 is 0. The number of rotatable bonds is 10. The topological polar surface area (TPSA) is 84.9 Å². The number of carbonyl (C=O) groups is 1. The predicted octanol–water partition coefficient (Wildman–Crippen LogP) is 3.52. The highest BCUT2D eigenvalue weighted by Gasteiger charge is 2.25. The van der Waals surface area contributed by atoms with Crippen LogP contribution in [0.25, 0.3) is 0 Å². The molecule has 8 heteroatoms. The fourth-order valence-corrected chi connectivity index (χ4v) is 5.11. The van der Waals surface area contributed by atoms with Crippen molar-refractivity contribution < 1.29 is 22.7 Å². The molecule has 174 valence electrons. The van der Waals surface area contributed by atoms with Gasteiger partial charge >= 0.3 is 0 Å². The Labute approximate surface area is 190 Å². The maximum absolute atomic E-state index is 12.7. The molecule has 1 saturated heterocycles. The van der Waals surface area contributed by atoms with Gasteiger partial charge in [-0.05, 0) is 68.1 Å². The van der Waals surface area contributed by atoms with Crippen molar-refractivity contribution >= 4 is 15.9 Å². The highest BCUT2D eigenvalue weighted by molar-refractivity contribution is 7.89. The Morgan fingerprint density at radius 2 is 1.78 bits per heavy atom. The van der Waals surface area contributed by atoms with Crippen LogP contribution in [-0.2, 0) is 14.8 Å². The number of carbonyl (C=O) groups excluding carboxylic acids is 1. The van der Waals surface area contributed by atoms with E-state index in [1.807, 2.05) is 38.1 Å². The lowest BCUT2D eigenvalue weighted by atomic mass is 10.2. The fourth-order valence-electron chi connectivity index (χ4n) is 3.59. The number of ether oxygens (including phenoxy) is 2. The first-order chi connectivity index (χ1) is 15.4. The second-order valence-corrected chi connectivity index (χ2v) is 9.84. The van der Waals surface area contributed by atoms with Gasteiger partial charge in [0.1, 0.15) is 18.1 Å². The molecule has 0 unspecified atom stereocenters. The molecule has 7 nitrogen and oxygen atoms in total. The fraction of sp³-hybridized carbons (Fsp3) is 0.458. The van der Waals surface area contributed by atoms with Crippen LogP contribution in [0.5, 0.6) is 11.5 Å². The Kier molecular flexibility index (Phi) is 8.53. The monoisotopic (exact) mass is 460 g/mol. The summed E-state index contributed by atoms with van der Waals surface area (Å²) in [4.78, 5) is 12.7. The largest absolute Gasteiger partial charge is 0.492 e. The number of hydrogen-bond acceptors (Lipinski definition) is 5. The van der Waals surface area contributed by atoms with Crippen molar-refractivity contribution in [3.63, 3.8) is 0 Å². The Balaban J connectivity index is 1.45. The van der Waals surface area contributed by atoms with Gasteiger partial charge in [-0.2, -0.15) is 4.31 Å². The van der Waals surface area contributed by atoms with Gasteiger partial charge in [-0.1, -0.05) is 25.5 Å². The molecule has 1 aliphatic rings. The third-order valence-electron chi connectivity index (χ3n) is 5.38. The number of hydrogen-bond donors (Lipinski definition) is 1. The molecule has 3 rings (SSSR count). The first kappa shape index (κ1) is 24.1. The predicted molar refractivity (Wildman–Crippen MR) is 123 cm³/mol. The number of nitrogens with one attached hydrogen (secondary N) is 1. The molecule has 1 atom stereocenters. The minimum atomic E-state index is -3.45. The van der Waals surface area contributed by atoms with Gasteiger partial charge in [0.2, 0.25) is 10.0 Å². The van der Waals surface area contributed by atoms with Crippen molar-refractivity contribution in [2.24, 2.45) is 0 Å². The zero-order valence-electron chi connectivity index (χ0n) is 18.7. The molecule has 1 N–H and O–H groups in total. The zero-order chi connectivity index (χ0) is 23.0. The summed E-state index contributed by atoms with van der Waals surface area (Å²) in [6.45, 7) is 5.61. The minimum Gasteiger partial charge on any atom is -0.492 e. The van der Waals surface area contributed by atoms with Crippen LogP contribution in [0.3, 0.4) is 0 Å². The molecule has 32 heavy (non-hydrogen) atoms. The van der Waals surface area contributed by atoms with E-state index in [0.29, 0.717) is 37.6 Å². The van der Waals surface area contributed by atoms with Crippen LogP contribution in [-0.4, -0.2) is 51.0 Å². The summed E-state index contributed by atoms with van der Waals surface area (Å²) in [5, 5.41) is 2.83. The number of aryl methyl sites for hydroxylation is 1. The number of piperidine rings is 1. The smallest absolute Gasteiger partial charge is 0.261 e. The summed E-state index contributed by atoms with van der Waals surface area (Å²) in [6.07, 6.45) is 2.86. The molecule has 2 aromatic rings. The van der Waals surface area contributed by atoms with E-state index in [4.69, 9.17) is 9.47 Å². The first-order valence-corrected chi connectivity index (χ1v) is 12.6. The van der Waals surface area contributed by atoms with Crippen LogP contribution in [0.2, 0.25) is 0 Å². The molecular formula is C24H32N2O5S. The van der Waals surface area contributed by atoms with E-state index in [1.165, 1.54) is 0 Å². The lowest BCUT2D eigenvalue weighted by Crippen LogP contribution is -2.39. The molecule has 0 bridgehead atoms. The van der Waals surface area contributed by atoms with E-state index in [9.17, 15) is 13.2 Å². The summed E-state index contributed by atoms with van der Waals surface area (Å²) < 4.78 is 38.4. The maximum atomic E-state index is 12.7. The van der Waals surface area contributed by atoms with Gasteiger partial charge in [0.05, 0.1) is 11.4 Å². The van der Waals surface area contributed by atoms with Gasteiger partial charge < -0.3 is 14.8 Å². The summed E-state index contributed by atoms with van der Waals surface area (Å²) in [6, 6.07) is 14.0. The van der Waals surface area contributed by atoms with Gasteiger partial charge in [-0.15, -0.1) is 0 Å². The molecule has 0 aromatic heterocycles. The third kappa shape index (κ3) is 6.46. The SMILES string of the molecule is CC[C@@H](Oc1cccc(C)c1)C(=O)NCCOc1ccc(S(=O)(=O)N2CCCCC2)cc1. The van der Waals surface area contributed by atoms with E-state index in [-0.39, 0.29) is 17.4 Å². The molecule has 0 radical (unpaired) electrons. The van der Waals surface area contributed by atoms with E-state index >= 15 is 0 Å². The Morgan fingerprint density at radius 1 is 1.06 bits per heavy atom. The van der Waals surface area contributed by atoms with Crippen molar-refractivity contribution in [2.45, 2.75) is 50.5 Å². The van der Waals surface area contributed by atoms with Gasteiger partial charge in [-0.25, -0.2) is 8.42 Å². The number of amides is 1. The Morgan fingerprint density at radius 3 is 2.44 bits per heavy atom. The van der Waals surface area contributed by atoms with Crippen LogP contribution in [0.15, 0.2) is 53.4 Å². The van der Waals surface area contributed by atoms with Crippen LogP contribution in [0.4, 0.5) is 0 Å². The molecule has 1 fully saturated rings. The summed E-state index contributed by atoms with van der Waals surface area (Å²) in [5.41, 5.74) is 1.07. The third-order valence-corrected chi connectivity index (χ3v) is 7.29. The van der Waals surface area contributed by atoms with Crippen LogP contribution >= 0.6 is 0 Å². The molecule has 1 aliphatic heterocycles. The molecule has 0 spiro atoms. The van der Waals surface area contributed by atoms with Crippen molar-refractivity contribution in [2.75, 3.05) is 26.2 Å². The van der Waals surface area contributed by atoms with Crippen molar-refractivity contribution in [1.82, 2.24) is 9.62 Å². The van der Waals surface area contributed by atoms with E-state index in [0.717, 1.165) is 24.8 Å². The standard InChI is InChI=1S/C24H32N2O5S/c1-3-23(31-21-9-7-8-19(2)18-21)24(27)25-14-17-30-20-10-12-22(13-11-20)32(28,29)26-15-5-4-6-16-26/h7-13,18,23H,3-6,14-17H2,1-2H3,(H,25,27)/t23-/m1/s1. The highest BCUT2D eigenvalue weighted by atomic mass is 32.2. The minimum absolute atomic E-state index is 0.194. The van der Waals surface area contributed by atoms with Gasteiger partial charge in [0, 0.05) is 13.1 Å². The Bertz CT molecular complexity index is 986. The van der Waals surface area contributed by atoms with Gasteiger partial charge in [0.25, 0.3) is 5.91 Å². The number of benzene rings is 2. The van der Waals surface area contributed by atoms with Crippen molar-refractivity contribution in [1.29, 1.82) is 0 Å². The van der Waals surface area contributed by atoms with E-state index in [2.05, 4.69) is 5.32 Å². The molecule has 2 aromatic carbocycles. The summed E-state index contributed by atoms with van der Waals surface area (Å²) in [7, 11) is -3.45. The summed E-state index contributed by atoms with van der Waals surface area (Å²) in [5.74, 6) is 1.03. The highest BCUT2D eigenvalue weighted by Crippen LogP contribution is 2.22. The number of sulfonamides is 1. The van der Waals surface area contributed by atoms with Crippen LogP contribution in [0.1, 0.15) is 38.2 Å². The van der Waals surface area contributed by atoms with E-state index in [1.54, 1.807) is 28.6 Å². The Hall–Kier alpha value is -2.58. The lowest BCUT2D eigenvalue weighted by Gasteiger charge is -2.25. The molecule has 0 aliphatic carbocycles. The normalized spacial score (nSPS) is 15.7. The first-order valence-electron chi connectivity index (χ1n) is 11.1. The average molecular weight is 461 g/mol. The average Bonchev–Trinajstić information content (AvgIpc) is 2.81. The van der Waals surface area contributed by atoms with Gasteiger partial charge in [0.15, 0.2) is 6.10 Å². The lowest BCUT2D eigenvalue weighted by molar-refractivity contribution is -0.128. The molecule has 1 amide bonds. The van der Waals surface area contributed by atoms with Crippen LogP contribution in [0, 0.1) is 6.92 Å². The zero-order valence-corrected chi connectivity index (χ0v) is 19.6. The van der Waals surface area contributed by atoms with Crippen LogP contribution < -0.4 is 14.8 Å². The second-order valence-electron chi connectivity index (χ2n) is 7.91. The molecule has 1 heterocycles. The maximum Gasteiger partial charge on any atom is 0.261 e. The number of nitrogens with zero attached hydrogens (tertiary/aromatic N) is 1. The molecular weight excluding hydrogens is 428 g/mol. The van der Waals surface area contributed by atoms with Crippen molar-refractivity contribution in [3.05, 3.63) is 54.1 Å². The quantitative estimate of drug-likeness (QED) is 0.549. The van der Waals surface area contributed by atoms with Crippen molar-refractivity contribution in [3.8, 4) is 11.5 Å². The molecule has 0 saturated carbocycles. The van der Waals surface area contributed by atoms with Gasteiger partial charge in [-0.3, -0.25) is 4.79 Å². The van der Waals surface area contributed by atoms with E-state index < -0.39 is 16.1 Å².